The van der Waals surface area contributed by atoms with Crippen molar-refractivity contribution < 1.29 is 9.53 Å². The van der Waals surface area contributed by atoms with Crippen LogP contribution in [0.2, 0.25) is 0 Å². The normalized spacial score (nSPS) is 15.1. The summed E-state index contributed by atoms with van der Waals surface area (Å²) in [5.74, 6) is 1.57. The lowest BCUT2D eigenvalue weighted by molar-refractivity contribution is 0.230. The van der Waals surface area contributed by atoms with E-state index in [2.05, 4.69) is 58.4 Å². The molecule has 0 aliphatic carbocycles. The highest BCUT2D eigenvalue weighted by atomic mass is 16.5. The Morgan fingerprint density at radius 3 is 2.41 bits per heavy atom. The van der Waals surface area contributed by atoms with Crippen molar-refractivity contribution in [2.75, 3.05) is 31.1 Å². The van der Waals surface area contributed by atoms with Crippen LogP contribution in [0.3, 0.4) is 0 Å². The van der Waals surface area contributed by atoms with Crippen LogP contribution in [-0.2, 0) is 5.41 Å². The zero-order chi connectivity index (χ0) is 20.7. The summed E-state index contributed by atoms with van der Waals surface area (Å²) in [4.78, 5) is 22.8. The van der Waals surface area contributed by atoms with Crippen molar-refractivity contribution in [1.29, 1.82) is 0 Å². The van der Waals surface area contributed by atoms with Crippen LogP contribution in [0, 0.1) is 0 Å². The average Bonchev–Trinajstić information content (AvgIpc) is 2.72. The van der Waals surface area contributed by atoms with E-state index in [-0.39, 0.29) is 17.5 Å². The number of hydrogen-bond donors (Lipinski definition) is 2. The third-order valence-corrected chi connectivity index (χ3v) is 5.04. The molecule has 1 saturated heterocycles. The van der Waals surface area contributed by atoms with Crippen molar-refractivity contribution in [2.24, 2.45) is 0 Å². The Hall–Kier alpha value is -2.83. The third-order valence-electron chi connectivity index (χ3n) is 5.04. The molecule has 0 saturated carbocycles. The van der Waals surface area contributed by atoms with E-state index in [1.165, 1.54) is 5.56 Å². The minimum absolute atomic E-state index is 0.127. The van der Waals surface area contributed by atoms with E-state index in [9.17, 15) is 4.79 Å². The fourth-order valence-electron chi connectivity index (χ4n) is 3.30. The summed E-state index contributed by atoms with van der Waals surface area (Å²) in [7, 11) is 0. The van der Waals surface area contributed by atoms with Gasteiger partial charge < -0.3 is 20.3 Å². The zero-order valence-electron chi connectivity index (χ0n) is 17.5. The Morgan fingerprint density at radius 2 is 1.79 bits per heavy atom. The zero-order valence-corrected chi connectivity index (χ0v) is 17.5. The standard InChI is InChI=1S/C22H31N5O2/c1-22(2,3)17-5-7-19(8-6-17)29-16-13-25-21(28)26-18-9-14-27(15-10-18)20-23-11-4-12-24-20/h4-8,11-12,18H,9-10,13-16H2,1-3H3,(H2,25,26,28). The second kappa shape index (κ2) is 9.58. The van der Waals surface area contributed by atoms with Crippen molar-refractivity contribution in [1.82, 2.24) is 20.6 Å². The molecule has 2 aromatic rings. The van der Waals surface area contributed by atoms with Crippen molar-refractivity contribution in [3.8, 4) is 5.75 Å². The van der Waals surface area contributed by atoms with E-state index < -0.39 is 0 Å². The lowest BCUT2D eigenvalue weighted by Crippen LogP contribution is -2.48. The molecule has 0 bridgehead atoms. The van der Waals surface area contributed by atoms with Crippen molar-refractivity contribution in [3.63, 3.8) is 0 Å². The summed E-state index contributed by atoms with van der Waals surface area (Å²) >= 11 is 0. The number of carbonyl (C=O) groups excluding carboxylic acids is 1. The molecule has 1 aromatic heterocycles. The van der Waals surface area contributed by atoms with Gasteiger partial charge in [0.2, 0.25) is 5.95 Å². The van der Waals surface area contributed by atoms with Crippen LogP contribution in [0.15, 0.2) is 42.7 Å². The number of aromatic nitrogens is 2. The number of hydrogen-bond acceptors (Lipinski definition) is 5. The number of benzene rings is 1. The van der Waals surface area contributed by atoms with Gasteiger partial charge in [0.15, 0.2) is 0 Å². The van der Waals surface area contributed by atoms with Crippen LogP contribution in [0.1, 0.15) is 39.2 Å². The maximum atomic E-state index is 12.1. The Labute approximate surface area is 172 Å². The second-order valence-corrected chi connectivity index (χ2v) is 8.33. The molecule has 3 rings (SSSR count). The molecule has 2 heterocycles. The van der Waals surface area contributed by atoms with Crippen LogP contribution in [0.4, 0.5) is 10.7 Å². The van der Waals surface area contributed by atoms with E-state index in [1.54, 1.807) is 12.4 Å². The predicted molar refractivity (Wildman–Crippen MR) is 114 cm³/mol. The summed E-state index contributed by atoms with van der Waals surface area (Å²) in [6.07, 6.45) is 5.26. The van der Waals surface area contributed by atoms with Gasteiger partial charge in [-0.2, -0.15) is 0 Å². The molecule has 7 nitrogen and oxygen atoms in total. The molecule has 2 N–H and O–H groups in total. The van der Waals surface area contributed by atoms with Gasteiger partial charge in [0.1, 0.15) is 12.4 Å². The average molecular weight is 398 g/mol. The summed E-state index contributed by atoms with van der Waals surface area (Å²) in [5, 5.41) is 5.91. The molecule has 0 unspecified atom stereocenters. The van der Waals surface area contributed by atoms with Gasteiger partial charge >= 0.3 is 6.03 Å². The summed E-state index contributed by atoms with van der Waals surface area (Å²) < 4.78 is 5.71. The monoisotopic (exact) mass is 397 g/mol. The first-order valence-electron chi connectivity index (χ1n) is 10.2. The number of anilines is 1. The number of piperidine rings is 1. The maximum absolute atomic E-state index is 12.1. The molecule has 1 fully saturated rings. The van der Waals surface area contributed by atoms with Gasteiger partial charge in [0.05, 0.1) is 6.54 Å². The smallest absolute Gasteiger partial charge is 0.315 e. The lowest BCUT2D eigenvalue weighted by Gasteiger charge is -2.32. The second-order valence-electron chi connectivity index (χ2n) is 8.33. The van der Waals surface area contributed by atoms with Gasteiger partial charge in [-0.1, -0.05) is 32.9 Å². The van der Waals surface area contributed by atoms with Crippen molar-refractivity contribution in [2.45, 2.75) is 45.1 Å². The molecule has 156 valence electrons. The highest BCUT2D eigenvalue weighted by molar-refractivity contribution is 5.74. The molecule has 0 spiro atoms. The molecular weight excluding hydrogens is 366 g/mol. The molecule has 0 radical (unpaired) electrons. The van der Waals surface area contributed by atoms with Crippen molar-refractivity contribution >= 4 is 12.0 Å². The number of urea groups is 1. The molecule has 7 heteroatoms. The number of rotatable bonds is 6. The number of nitrogens with zero attached hydrogens (tertiary/aromatic N) is 3. The minimum Gasteiger partial charge on any atom is -0.492 e. The molecule has 1 aliphatic rings. The van der Waals surface area contributed by atoms with Crippen LogP contribution >= 0.6 is 0 Å². The SMILES string of the molecule is CC(C)(C)c1ccc(OCCNC(=O)NC2CCN(c3ncccn3)CC2)cc1. The fraction of sp³-hybridized carbons (Fsp3) is 0.500. The summed E-state index contributed by atoms with van der Waals surface area (Å²) in [5.41, 5.74) is 1.40. The molecule has 0 atom stereocenters. The first-order chi connectivity index (χ1) is 13.9. The van der Waals surface area contributed by atoms with Gasteiger partial charge in [-0.3, -0.25) is 0 Å². The van der Waals surface area contributed by atoms with Crippen LogP contribution in [-0.4, -0.2) is 48.3 Å². The van der Waals surface area contributed by atoms with Gasteiger partial charge in [0, 0.05) is 31.5 Å². The van der Waals surface area contributed by atoms with Gasteiger partial charge in [-0.15, -0.1) is 0 Å². The van der Waals surface area contributed by atoms with Gasteiger partial charge in [-0.05, 0) is 42.0 Å². The Bertz CT molecular complexity index is 766. The number of carbonyl (C=O) groups is 1. The first-order valence-corrected chi connectivity index (χ1v) is 10.2. The molecular formula is C22H31N5O2. The van der Waals surface area contributed by atoms with E-state index >= 15 is 0 Å². The maximum Gasteiger partial charge on any atom is 0.315 e. The minimum atomic E-state index is -0.147. The largest absolute Gasteiger partial charge is 0.492 e. The number of ether oxygens (including phenoxy) is 1. The van der Waals surface area contributed by atoms with E-state index in [0.29, 0.717) is 13.2 Å². The van der Waals surface area contributed by atoms with Crippen LogP contribution in [0.25, 0.3) is 0 Å². The lowest BCUT2D eigenvalue weighted by atomic mass is 9.87. The molecule has 1 aliphatic heterocycles. The van der Waals surface area contributed by atoms with Gasteiger partial charge in [-0.25, -0.2) is 14.8 Å². The molecule has 2 amide bonds. The summed E-state index contributed by atoms with van der Waals surface area (Å²) in [6, 6.07) is 9.96. The Kier molecular flexibility index (Phi) is 6.90. The highest BCUT2D eigenvalue weighted by Crippen LogP contribution is 2.24. The third kappa shape index (κ3) is 6.34. The highest BCUT2D eigenvalue weighted by Gasteiger charge is 2.21. The van der Waals surface area contributed by atoms with E-state index in [0.717, 1.165) is 37.6 Å². The van der Waals surface area contributed by atoms with E-state index in [1.807, 2.05) is 18.2 Å². The van der Waals surface area contributed by atoms with E-state index in [4.69, 9.17) is 4.74 Å². The Balaban J connectivity index is 1.31. The summed E-state index contributed by atoms with van der Waals surface area (Å²) in [6.45, 7) is 9.13. The number of nitrogens with one attached hydrogen (secondary N) is 2. The van der Waals surface area contributed by atoms with Crippen molar-refractivity contribution in [3.05, 3.63) is 48.3 Å². The topological polar surface area (TPSA) is 79.4 Å². The molecule has 1 aromatic carbocycles. The van der Waals surface area contributed by atoms with Crippen LogP contribution in [0.5, 0.6) is 5.75 Å². The quantitative estimate of drug-likeness (QED) is 0.732. The molecule has 29 heavy (non-hydrogen) atoms. The number of amides is 2. The van der Waals surface area contributed by atoms with Crippen LogP contribution < -0.4 is 20.3 Å². The van der Waals surface area contributed by atoms with Gasteiger partial charge in [0.25, 0.3) is 0 Å². The first kappa shape index (κ1) is 20.9. The Morgan fingerprint density at radius 1 is 1.14 bits per heavy atom. The fourth-order valence-corrected chi connectivity index (χ4v) is 3.30. The predicted octanol–water partition coefficient (Wildman–Crippen LogP) is 3.12.